The van der Waals surface area contributed by atoms with Crippen molar-refractivity contribution in [2.45, 2.75) is 163 Å². The smallest absolute Gasteiger partial charge is 0.187 e. The summed E-state index contributed by atoms with van der Waals surface area (Å²) >= 11 is 0. The van der Waals surface area contributed by atoms with Crippen LogP contribution in [0.3, 0.4) is 0 Å². The van der Waals surface area contributed by atoms with Crippen molar-refractivity contribution in [2.75, 3.05) is 13.2 Å². The second-order valence-electron chi connectivity index (χ2n) is 22.8. The van der Waals surface area contributed by atoms with Gasteiger partial charge in [-0.05, 0) is 73.0 Å². The maximum Gasteiger partial charge on any atom is 0.187 e. The Kier molecular flexibility index (Phi) is 26.1. The van der Waals surface area contributed by atoms with Crippen LogP contribution in [0.1, 0.15) is 46.7 Å². The summed E-state index contributed by atoms with van der Waals surface area (Å²) < 4.78 is 81.8. The van der Waals surface area contributed by atoms with Gasteiger partial charge >= 0.3 is 0 Å². The standard InChI is InChI=1S/C66H70N18O13/c1-41(74-80-68)55-54(85)60(89-37-45-26-14-5-15-27-45)52(77-83-71)65(94-55)95-57-49(76-82-70)32-48(75-81-69)56(87-35-43-22-10-3-11-23-43)62(57)97-66-63(91-39-47-30-18-7-19-31-47)59(51(93-66)40-86-34-42-20-8-2-9-21-42)96-64-53(78-84-72)61(90-38-46-28-16-6-17-29-46)58(50(92-64)33-73-79-67)88-36-44-24-12-4-13-25-44/h2-31,41,48-57,59-60,62-66,85H,32-40H2,1H3/t41?,48?,49?,50?,51-,52?,53?,54-,55?,56?,57-,59?,60?,62?,63?,64-,65-,66+/m1/s1. The normalized spacial score (nSPS) is 27.8. The van der Waals surface area contributed by atoms with E-state index in [4.69, 9.17) is 56.8 Å². The highest BCUT2D eigenvalue weighted by Gasteiger charge is 2.57. The highest BCUT2D eigenvalue weighted by molar-refractivity contribution is 5.24. The molecule has 0 radical (unpaired) electrons. The highest BCUT2D eigenvalue weighted by Crippen LogP contribution is 2.42. The van der Waals surface area contributed by atoms with Crippen LogP contribution in [0.2, 0.25) is 0 Å². The summed E-state index contributed by atoms with van der Waals surface area (Å²) in [6.07, 6.45) is -19.1. The number of aliphatic hydroxyl groups is 1. The monoisotopic (exact) mass is 1320 g/mol. The molecule has 31 heteroatoms. The van der Waals surface area contributed by atoms with Gasteiger partial charge in [-0.3, -0.25) is 0 Å². The van der Waals surface area contributed by atoms with E-state index in [9.17, 15) is 38.3 Å². The fraction of sp³-hybridized carbons (Fsp3) is 0.424. The molecule has 6 aromatic carbocycles. The number of ether oxygens (including phenoxy) is 12. The lowest BCUT2D eigenvalue weighted by Crippen LogP contribution is -2.64. The zero-order chi connectivity index (χ0) is 67.6. The fourth-order valence-electron chi connectivity index (χ4n) is 11.9. The number of rotatable bonds is 33. The maximum atomic E-state index is 12.1. The molecule has 31 nitrogen and oxygen atoms in total. The van der Waals surface area contributed by atoms with Gasteiger partial charge in [0.05, 0.1) is 82.1 Å². The first kappa shape index (κ1) is 69.9. The minimum absolute atomic E-state index is 0.00588. The van der Waals surface area contributed by atoms with Gasteiger partial charge in [-0.2, -0.15) is 0 Å². The molecule has 3 heterocycles. The van der Waals surface area contributed by atoms with Gasteiger partial charge in [-0.1, -0.05) is 220 Å². The number of azide groups is 6. The second kappa shape index (κ2) is 36.3. The zero-order valence-corrected chi connectivity index (χ0v) is 52.5. The topological polar surface area (TPSA) is 424 Å². The van der Waals surface area contributed by atoms with Crippen molar-refractivity contribution in [3.8, 4) is 0 Å². The minimum atomic E-state index is -1.71. The first-order valence-corrected chi connectivity index (χ1v) is 31.2. The molecule has 0 spiro atoms. The Morgan fingerprint density at radius 2 is 0.897 bits per heavy atom. The number of aliphatic hydroxyl groups excluding tert-OH is 1. The first-order chi connectivity index (χ1) is 47.7. The predicted octanol–water partition coefficient (Wildman–Crippen LogP) is 13.4. The van der Waals surface area contributed by atoms with E-state index in [2.05, 4.69) is 60.2 Å². The molecule has 0 aromatic heterocycles. The summed E-state index contributed by atoms with van der Waals surface area (Å²) in [6.45, 7) is 0.643. The lowest BCUT2D eigenvalue weighted by molar-refractivity contribution is -0.316. The van der Waals surface area contributed by atoms with Gasteiger partial charge in [-0.15, -0.1) is 0 Å². The lowest BCUT2D eigenvalue weighted by Gasteiger charge is -2.49. The van der Waals surface area contributed by atoms with Crippen molar-refractivity contribution in [2.24, 2.45) is 30.7 Å². The van der Waals surface area contributed by atoms with Crippen molar-refractivity contribution in [3.05, 3.63) is 290 Å². The first-order valence-electron chi connectivity index (χ1n) is 31.2. The third-order valence-corrected chi connectivity index (χ3v) is 16.5. The van der Waals surface area contributed by atoms with Crippen molar-refractivity contribution in [3.63, 3.8) is 0 Å². The highest BCUT2D eigenvalue weighted by atomic mass is 16.8. The van der Waals surface area contributed by atoms with Crippen LogP contribution in [-0.4, -0.2) is 128 Å². The van der Waals surface area contributed by atoms with Crippen LogP contribution in [-0.2, 0) is 96.5 Å². The summed E-state index contributed by atoms with van der Waals surface area (Å²) in [7, 11) is 0. The molecule has 1 saturated carbocycles. The second-order valence-corrected chi connectivity index (χ2v) is 22.8. The van der Waals surface area contributed by atoms with E-state index in [1.54, 1.807) is 24.3 Å². The molecule has 1 N–H and O–H groups in total. The molecule has 1 aliphatic carbocycles. The average molecular weight is 1320 g/mol. The lowest BCUT2D eigenvalue weighted by atomic mass is 9.83. The molecular weight excluding hydrogens is 1250 g/mol. The van der Waals surface area contributed by atoms with Crippen LogP contribution in [0.5, 0.6) is 0 Å². The Labute approximate surface area is 556 Å². The van der Waals surface area contributed by atoms with Crippen LogP contribution in [0.25, 0.3) is 62.7 Å². The van der Waals surface area contributed by atoms with Gasteiger partial charge in [0.25, 0.3) is 0 Å². The van der Waals surface area contributed by atoms with E-state index in [0.29, 0.717) is 16.7 Å². The van der Waals surface area contributed by atoms with E-state index in [0.717, 1.165) is 16.7 Å². The summed E-state index contributed by atoms with van der Waals surface area (Å²) in [6, 6.07) is 48.5. The Balaban J connectivity index is 1.10. The van der Waals surface area contributed by atoms with Gasteiger partial charge in [0.1, 0.15) is 61.9 Å². The predicted molar refractivity (Wildman–Crippen MR) is 346 cm³/mol. The van der Waals surface area contributed by atoms with Gasteiger partial charge in [0.2, 0.25) is 0 Å². The summed E-state index contributed by atoms with van der Waals surface area (Å²) in [4.78, 5) is 18.9. The molecule has 12 unspecified atom stereocenters. The largest absolute Gasteiger partial charge is 0.489 e. The Morgan fingerprint density at radius 1 is 0.443 bits per heavy atom. The Morgan fingerprint density at radius 3 is 1.40 bits per heavy atom. The van der Waals surface area contributed by atoms with E-state index in [1.165, 1.54) is 6.92 Å². The SMILES string of the molecule is CC(N=[N+]=[N-])C1O[C@H](O[C@@H]2C(N=[N+]=[N-])CC(N=[N+]=[N-])C(OCc3ccccc3)C2O[C@@H]2O[C@H](COCc3ccccc3)C(O[C@H]3OC(CN=[N+]=[N-])C(OCc4ccccc4)=C(OCc4ccccc4)C3N=[N+]=[N-])C2OCc2ccccc2)C(N=[N+]=[N-])C(OCc2ccccc2)[C@@H]1O. The number of benzene rings is 6. The molecule has 97 heavy (non-hydrogen) atoms. The van der Waals surface area contributed by atoms with Crippen LogP contribution >= 0.6 is 0 Å². The summed E-state index contributed by atoms with van der Waals surface area (Å²) in [5.74, 6) is 0.0696. The van der Waals surface area contributed by atoms with Crippen molar-refractivity contribution in [1.82, 2.24) is 0 Å². The molecule has 502 valence electrons. The number of hydrogen-bond donors (Lipinski definition) is 1. The van der Waals surface area contributed by atoms with Crippen molar-refractivity contribution < 1.29 is 61.9 Å². The maximum absolute atomic E-state index is 12.1. The van der Waals surface area contributed by atoms with Crippen molar-refractivity contribution in [1.29, 1.82) is 0 Å². The van der Waals surface area contributed by atoms with Crippen molar-refractivity contribution >= 4 is 0 Å². The molecule has 6 aromatic rings. The quantitative estimate of drug-likeness (QED) is 0.0228. The third kappa shape index (κ3) is 18.8. The van der Waals surface area contributed by atoms with Gasteiger partial charge < -0.3 is 61.9 Å². The number of nitrogens with zero attached hydrogens (tertiary/aromatic N) is 18. The van der Waals surface area contributed by atoms with Crippen LogP contribution in [0, 0.1) is 0 Å². The van der Waals surface area contributed by atoms with Gasteiger partial charge in [0, 0.05) is 29.5 Å². The fourth-order valence-corrected chi connectivity index (χ4v) is 11.9. The zero-order valence-electron chi connectivity index (χ0n) is 52.5. The Hall–Kier alpha value is -9.92. The minimum Gasteiger partial charge on any atom is -0.489 e. The van der Waals surface area contributed by atoms with Gasteiger partial charge in [-0.25, -0.2) is 0 Å². The van der Waals surface area contributed by atoms with Crippen LogP contribution in [0.4, 0.5) is 0 Å². The number of hydrogen-bond acceptors (Lipinski definition) is 19. The molecule has 4 aliphatic rings. The van der Waals surface area contributed by atoms with E-state index < -0.39 is 110 Å². The summed E-state index contributed by atoms with van der Waals surface area (Å²) in [5, 5.41) is 36.6. The van der Waals surface area contributed by atoms with Crippen LogP contribution < -0.4 is 0 Å². The molecule has 3 fully saturated rings. The van der Waals surface area contributed by atoms with E-state index >= 15 is 0 Å². The molecule has 18 atom stereocenters. The third-order valence-electron chi connectivity index (χ3n) is 16.5. The molecule has 2 saturated heterocycles. The molecule has 3 aliphatic heterocycles. The molecular formula is C66H70N18O13. The summed E-state index contributed by atoms with van der Waals surface area (Å²) in [5.41, 5.74) is 65.4. The molecule has 0 amide bonds. The molecule has 0 bridgehead atoms. The van der Waals surface area contributed by atoms with Gasteiger partial charge in [0.15, 0.2) is 30.4 Å². The average Bonchev–Trinajstić information content (AvgIpc) is 1.24. The van der Waals surface area contributed by atoms with E-state index in [1.807, 2.05) is 158 Å². The van der Waals surface area contributed by atoms with E-state index in [-0.39, 0.29) is 70.7 Å². The molecule has 10 rings (SSSR count). The van der Waals surface area contributed by atoms with Crippen LogP contribution in [0.15, 0.2) is 224 Å². The Bertz CT molecular complexity index is 3800.